The first-order valence-corrected chi connectivity index (χ1v) is 11.3. The van der Waals surface area contributed by atoms with Gasteiger partial charge in [0.15, 0.2) is 0 Å². The molecule has 0 spiro atoms. The van der Waals surface area contributed by atoms with E-state index in [2.05, 4.69) is 34.4 Å². The molecule has 1 heterocycles. The van der Waals surface area contributed by atoms with Crippen LogP contribution in [0, 0.1) is 29.1 Å². The number of carbonyl (C=O) groups excluding carboxylic acids is 2. The Hall–Kier alpha value is -2.02. The molecular formula is C23H34N4O3. The molecule has 3 fully saturated rings. The van der Waals surface area contributed by atoms with Gasteiger partial charge in [0.05, 0.1) is 11.7 Å². The number of rotatable bonds is 5. The summed E-state index contributed by atoms with van der Waals surface area (Å²) in [6, 6.07) is 0.320. The summed E-state index contributed by atoms with van der Waals surface area (Å²) in [5.41, 5.74) is 0.490. The van der Waals surface area contributed by atoms with E-state index in [1.165, 1.54) is 18.7 Å². The van der Waals surface area contributed by atoms with Gasteiger partial charge in [-0.25, -0.2) is 9.97 Å². The lowest BCUT2D eigenvalue weighted by molar-refractivity contribution is -0.142. The van der Waals surface area contributed by atoms with Gasteiger partial charge in [0.1, 0.15) is 6.33 Å². The van der Waals surface area contributed by atoms with Crippen molar-refractivity contribution in [1.82, 2.24) is 20.6 Å². The van der Waals surface area contributed by atoms with Crippen molar-refractivity contribution in [3.05, 3.63) is 24.3 Å². The molecule has 164 valence electrons. The van der Waals surface area contributed by atoms with E-state index in [-0.39, 0.29) is 46.9 Å². The number of nitrogens with one attached hydrogen (secondary N) is 2. The molecule has 2 amide bonds. The van der Waals surface area contributed by atoms with Crippen LogP contribution in [0.3, 0.4) is 0 Å². The van der Waals surface area contributed by atoms with E-state index in [1.807, 2.05) is 6.92 Å². The molecule has 0 saturated heterocycles. The molecule has 1 aromatic rings. The number of amides is 2. The Kier molecular flexibility index (Phi) is 5.84. The fourth-order valence-corrected chi connectivity index (χ4v) is 5.92. The maximum absolute atomic E-state index is 12.6. The summed E-state index contributed by atoms with van der Waals surface area (Å²) in [6.45, 7) is 6.36. The minimum absolute atomic E-state index is 0.0141. The van der Waals surface area contributed by atoms with Gasteiger partial charge in [0.25, 0.3) is 5.91 Å². The molecule has 0 unspecified atom stereocenters. The molecular weight excluding hydrogens is 380 g/mol. The zero-order valence-corrected chi connectivity index (χ0v) is 18.2. The van der Waals surface area contributed by atoms with Gasteiger partial charge < -0.3 is 15.7 Å². The van der Waals surface area contributed by atoms with E-state index in [4.69, 9.17) is 0 Å². The van der Waals surface area contributed by atoms with Crippen molar-refractivity contribution in [2.75, 3.05) is 0 Å². The van der Waals surface area contributed by atoms with Crippen molar-refractivity contribution in [2.45, 2.75) is 77.5 Å². The highest BCUT2D eigenvalue weighted by Gasteiger charge is 2.54. The second-order valence-electron chi connectivity index (χ2n) is 10.0. The normalized spacial score (nSPS) is 37.0. The van der Waals surface area contributed by atoms with Crippen molar-refractivity contribution < 1.29 is 14.7 Å². The smallest absolute Gasteiger partial charge is 0.254 e. The first-order valence-electron chi connectivity index (χ1n) is 11.3. The van der Waals surface area contributed by atoms with E-state index < -0.39 is 6.10 Å². The summed E-state index contributed by atoms with van der Waals surface area (Å²) in [5.74, 6) is -0.167. The van der Waals surface area contributed by atoms with Crippen LogP contribution in [0.2, 0.25) is 0 Å². The highest BCUT2D eigenvalue weighted by atomic mass is 16.3. The van der Waals surface area contributed by atoms with Crippen LogP contribution in [-0.4, -0.2) is 45.1 Å². The van der Waals surface area contributed by atoms with E-state index in [0.29, 0.717) is 11.6 Å². The molecule has 1 aromatic heterocycles. The van der Waals surface area contributed by atoms with Crippen LogP contribution in [0.5, 0.6) is 0 Å². The van der Waals surface area contributed by atoms with E-state index in [9.17, 15) is 14.7 Å². The van der Waals surface area contributed by atoms with Gasteiger partial charge in [-0.05, 0) is 61.7 Å². The average molecular weight is 415 g/mol. The van der Waals surface area contributed by atoms with Crippen LogP contribution in [0.15, 0.2) is 18.7 Å². The van der Waals surface area contributed by atoms with Crippen molar-refractivity contribution in [3.63, 3.8) is 0 Å². The molecule has 4 rings (SSSR count). The minimum Gasteiger partial charge on any atom is -0.392 e. The molecule has 0 aromatic carbocycles. The number of aliphatic hydroxyl groups is 1. The summed E-state index contributed by atoms with van der Waals surface area (Å²) in [5, 5.41) is 17.7. The highest BCUT2D eigenvalue weighted by Crippen LogP contribution is 2.55. The molecule has 7 heteroatoms. The largest absolute Gasteiger partial charge is 0.392 e. The lowest BCUT2D eigenvalue weighted by Gasteiger charge is -2.56. The fraction of sp³-hybridized carbons (Fsp3) is 0.739. The standard InChI is InChI=1S/C23H34N4O3/c1-13(21(29)26-16-4-5-16)17-6-8-23(3)9-7-18(14(2)19(23)20(17)28)27-22(30)15-10-24-12-25-11-15/h10-14,16-20,28H,4-9H2,1-3H3,(H,26,29)(H,27,30)/t13-,14-,17+,18-,19+,20-,23+/m0/s1. The summed E-state index contributed by atoms with van der Waals surface area (Å²) in [4.78, 5) is 33.1. The second-order valence-corrected chi connectivity index (χ2v) is 10.0. The molecule has 3 N–H and O–H groups in total. The first kappa shape index (κ1) is 21.2. The van der Waals surface area contributed by atoms with Crippen LogP contribution in [0.1, 0.15) is 69.7 Å². The van der Waals surface area contributed by atoms with Crippen molar-refractivity contribution in [3.8, 4) is 0 Å². The molecule has 0 aliphatic heterocycles. The highest BCUT2D eigenvalue weighted by molar-refractivity contribution is 5.93. The van der Waals surface area contributed by atoms with Crippen LogP contribution in [0.25, 0.3) is 0 Å². The van der Waals surface area contributed by atoms with Gasteiger partial charge in [0.2, 0.25) is 5.91 Å². The predicted molar refractivity (Wildman–Crippen MR) is 112 cm³/mol. The summed E-state index contributed by atoms with van der Waals surface area (Å²) < 4.78 is 0. The lowest BCUT2D eigenvalue weighted by atomic mass is 9.51. The maximum Gasteiger partial charge on any atom is 0.254 e. The Morgan fingerprint density at radius 3 is 2.47 bits per heavy atom. The summed E-state index contributed by atoms with van der Waals surface area (Å²) in [6.07, 6.45) is 9.78. The fourth-order valence-electron chi connectivity index (χ4n) is 5.92. The van der Waals surface area contributed by atoms with Crippen LogP contribution in [-0.2, 0) is 4.79 Å². The molecule has 0 bridgehead atoms. The molecule has 7 atom stereocenters. The predicted octanol–water partition coefficient (Wildman–Crippen LogP) is 2.31. The Morgan fingerprint density at radius 2 is 1.80 bits per heavy atom. The Labute approximate surface area is 178 Å². The lowest BCUT2D eigenvalue weighted by Crippen LogP contribution is -2.58. The number of aromatic nitrogens is 2. The van der Waals surface area contributed by atoms with Crippen molar-refractivity contribution in [2.24, 2.45) is 29.1 Å². The number of hydrogen-bond donors (Lipinski definition) is 3. The molecule has 3 aliphatic rings. The van der Waals surface area contributed by atoms with E-state index in [1.54, 1.807) is 0 Å². The van der Waals surface area contributed by atoms with Crippen molar-refractivity contribution in [1.29, 1.82) is 0 Å². The van der Waals surface area contributed by atoms with Crippen LogP contribution in [0.4, 0.5) is 0 Å². The van der Waals surface area contributed by atoms with Crippen LogP contribution < -0.4 is 10.6 Å². The quantitative estimate of drug-likeness (QED) is 0.686. The van der Waals surface area contributed by atoms with Gasteiger partial charge in [-0.15, -0.1) is 0 Å². The molecule has 3 aliphatic carbocycles. The maximum atomic E-state index is 12.6. The third kappa shape index (κ3) is 4.09. The Bertz CT molecular complexity index is 784. The number of aliphatic hydroxyl groups excluding tert-OH is 1. The Morgan fingerprint density at radius 1 is 1.13 bits per heavy atom. The van der Waals surface area contributed by atoms with E-state index >= 15 is 0 Å². The molecule has 7 nitrogen and oxygen atoms in total. The summed E-state index contributed by atoms with van der Waals surface area (Å²) in [7, 11) is 0. The SMILES string of the molecule is C[C@@H]1[C@@H]2[C@@H](O)[C@@H]([C@H](C)C(=O)NC3CC3)CC[C@]2(C)CC[C@@H]1NC(=O)c1cncnc1. The van der Waals surface area contributed by atoms with Gasteiger partial charge in [-0.3, -0.25) is 9.59 Å². The number of hydrogen-bond acceptors (Lipinski definition) is 5. The zero-order chi connectivity index (χ0) is 21.5. The van der Waals surface area contributed by atoms with Gasteiger partial charge in [-0.1, -0.05) is 20.8 Å². The summed E-state index contributed by atoms with van der Waals surface area (Å²) >= 11 is 0. The molecule has 0 radical (unpaired) electrons. The van der Waals surface area contributed by atoms with E-state index in [0.717, 1.165) is 38.5 Å². The number of carbonyl (C=O) groups is 2. The van der Waals surface area contributed by atoms with Gasteiger partial charge in [-0.2, -0.15) is 0 Å². The van der Waals surface area contributed by atoms with Crippen molar-refractivity contribution >= 4 is 11.8 Å². The zero-order valence-electron chi connectivity index (χ0n) is 18.2. The third-order valence-corrected chi connectivity index (χ3v) is 8.01. The van der Waals surface area contributed by atoms with Crippen LogP contribution >= 0.6 is 0 Å². The first-order chi connectivity index (χ1) is 14.3. The Balaban J connectivity index is 1.46. The second kappa shape index (κ2) is 8.25. The topological polar surface area (TPSA) is 104 Å². The van der Waals surface area contributed by atoms with Gasteiger partial charge >= 0.3 is 0 Å². The number of fused-ring (bicyclic) bond motifs is 1. The molecule has 30 heavy (non-hydrogen) atoms. The number of nitrogens with zero attached hydrogens (tertiary/aromatic N) is 2. The minimum atomic E-state index is -0.543. The van der Waals surface area contributed by atoms with Gasteiger partial charge in [0, 0.05) is 30.4 Å². The third-order valence-electron chi connectivity index (χ3n) is 8.01. The molecule has 3 saturated carbocycles. The average Bonchev–Trinajstić information content (AvgIpc) is 3.54. The monoisotopic (exact) mass is 414 g/mol.